The van der Waals surface area contributed by atoms with Gasteiger partial charge >= 0.3 is 16.8 Å². The van der Waals surface area contributed by atoms with Gasteiger partial charge in [0.25, 0.3) is 0 Å². The van der Waals surface area contributed by atoms with Crippen molar-refractivity contribution in [3.63, 3.8) is 0 Å². The smallest absolute Gasteiger partial charge is 0.346 e. The van der Waals surface area contributed by atoms with E-state index in [0.29, 0.717) is 4.57 Å². The van der Waals surface area contributed by atoms with Gasteiger partial charge in [0.05, 0.1) is 39.5 Å². The molecule has 0 fully saturated rings. The van der Waals surface area contributed by atoms with Gasteiger partial charge in [-0.25, -0.2) is 14.2 Å². The zero-order chi connectivity index (χ0) is 13.7. The fourth-order valence-corrected chi connectivity index (χ4v) is 1.59. The van der Waals surface area contributed by atoms with E-state index >= 15 is 0 Å². The first-order valence-corrected chi connectivity index (χ1v) is 5.35. The van der Waals surface area contributed by atoms with E-state index in [1.807, 2.05) is 0 Å². The third kappa shape index (κ3) is 2.58. The standard InChI is InChI=1S/C9H15N3O6/c13-4-1-10-7(16)8(17)11(2-5-14)12(3-6-15)9(10)18/h13-15H,1-6H2. The van der Waals surface area contributed by atoms with Crippen LogP contribution in [-0.4, -0.2) is 49.1 Å². The topological polar surface area (TPSA) is 127 Å². The lowest BCUT2D eigenvalue weighted by Gasteiger charge is -2.15. The summed E-state index contributed by atoms with van der Waals surface area (Å²) in [6.45, 7) is -1.98. The monoisotopic (exact) mass is 261 g/mol. The molecule has 0 aliphatic rings. The molecule has 102 valence electrons. The SMILES string of the molecule is O=c1c(=O)n(CCO)n(CCO)c(=O)n1CCO. The Morgan fingerprint density at radius 3 is 1.72 bits per heavy atom. The second-order valence-corrected chi connectivity index (χ2v) is 3.46. The molecule has 0 atom stereocenters. The lowest BCUT2D eigenvalue weighted by Crippen LogP contribution is -2.55. The van der Waals surface area contributed by atoms with Crippen molar-refractivity contribution in [3.8, 4) is 0 Å². The molecular weight excluding hydrogens is 246 g/mol. The molecule has 9 nitrogen and oxygen atoms in total. The van der Waals surface area contributed by atoms with Gasteiger partial charge in [-0.3, -0.25) is 14.2 Å². The molecule has 0 amide bonds. The van der Waals surface area contributed by atoms with Gasteiger partial charge in [-0.2, -0.15) is 0 Å². The maximum absolute atomic E-state index is 11.9. The van der Waals surface area contributed by atoms with Crippen LogP contribution in [-0.2, 0) is 19.6 Å². The molecule has 0 saturated carbocycles. The van der Waals surface area contributed by atoms with Crippen molar-refractivity contribution in [3.05, 3.63) is 31.2 Å². The summed E-state index contributed by atoms with van der Waals surface area (Å²) < 4.78 is 2.26. The van der Waals surface area contributed by atoms with Gasteiger partial charge in [-0.05, 0) is 0 Å². The fourth-order valence-electron chi connectivity index (χ4n) is 1.59. The number of aliphatic hydroxyl groups is 3. The Morgan fingerprint density at radius 1 is 0.722 bits per heavy atom. The van der Waals surface area contributed by atoms with Crippen molar-refractivity contribution in [1.82, 2.24) is 13.9 Å². The fraction of sp³-hybridized carbons (Fsp3) is 0.667. The number of hydrogen-bond donors (Lipinski definition) is 3. The molecule has 1 rings (SSSR count). The summed E-state index contributed by atoms with van der Waals surface area (Å²) in [7, 11) is 0. The van der Waals surface area contributed by atoms with Crippen molar-refractivity contribution < 1.29 is 15.3 Å². The van der Waals surface area contributed by atoms with Gasteiger partial charge in [0, 0.05) is 0 Å². The molecule has 0 radical (unpaired) electrons. The van der Waals surface area contributed by atoms with Crippen molar-refractivity contribution in [1.29, 1.82) is 0 Å². The van der Waals surface area contributed by atoms with E-state index in [9.17, 15) is 14.4 Å². The molecule has 9 heteroatoms. The first-order valence-electron chi connectivity index (χ1n) is 5.35. The quantitative estimate of drug-likeness (QED) is 0.450. The maximum atomic E-state index is 11.9. The van der Waals surface area contributed by atoms with Crippen molar-refractivity contribution in [2.24, 2.45) is 0 Å². The molecular formula is C9H15N3O6. The van der Waals surface area contributed by atoms with Crippen LogP contribution in [0.4, 0.5) is 0 Å². The van der Waals surface area contributed by atoms with E-state index in [0.717, 1.165) is 9.36 Å². The Bertz CT molecular complexity index is 569. The van der Waals surface area contributed by atoms with Gasteiger partial charge in [-0.1, -0.05) is 0 Å². The second kappa shape index (κ2) is 6.28. The van der Waals surface area contributed by atoms with E-state index in [2.05, 4.69) is 0 Å². The predicted octanol–water partition coefficient (Wildman–Crippen LogP) is -3.85. The molecule has 0 saturated heterocycles. The van der Waals surface area contributed by atoms with Crippen LogP contribution in [0, 0.1) is 0 Å². The average molecular weight is 261 g/mol. The summed E-state index contributed by atoms with van der Waals surface area (Å²) in [6, 6.07) is 0. The van der Waals surface area contributed by atoms with Crippen LogP contribution in [0.2, 0.25) is 0 Å². The van der Waals surface area contributed by atoms with Crippen molar-refractivity contribution in [2.75, 3.05) is 19.8 Å². The van der Waals surface area contributed by atoms with Gasteiger partial charge in [-0.15, -0.1) is 0 Å². The van der Waals surface area contributed by atoms with Crippen LogP contribution >= 0.6 is 0 Å². The lowest BCUT2D eigenvalue weighted by atomic mass is 10.5. The molecule has 18 heavy (non-hydrogen) atoms. The highest BCUT2D eigenvalue weighted by molar-refractivity contribution is 4.81. The molecule has 1 heterocycles. The highest BCUT2D eigenvalue weighted by Gasteiger charge is 2.14. The Labute approximate surface area is 101 Å². The van der Waals surface area contributed by atoms with Crippen LogP contribution in [0.15, 0.2) is 14.4 Å². The minimum absolute atomic E-state index is 0.181. The summed E-state index contributed by atoms with van der Waals surface area (Å²) in [5.41, 5.74) is -2.85. The Hall–Kier alpha value is -1.71. The predicted molar refractivity (Wildman–Crippen MR) is 60.5 cm³/mol. The van der Waals surface area contributed by atoms with Gasteiger partial charge in [0.15, 0.2) is 0 Å². The van der Waals surface area contributed by atoms with Crippen molar-refractivity contribution in [2.45, 2.75) is 19.6 Å². The molecule has 0 aliphatic heterocycles. The summed E-state index contributed by atoms with van der Waals surface area (Å²) in [6.07, 6.45) is 0. The molecule has 0 spiro atoms. The molecule has 0 aromatic carbocycles. The third-order valence-corrected chi connectivity index (χ3v) is 2.35. The molecule has 0 unspecified atom stereocenters. The first kappa shape index (κ1) is 14.4. The van der Waals surface area contributed by atoms with E-state index in [1.165, 1.54) is 0 Å². The van der Waals surface area contributed by atoms with E-state index in [4.69, 9.17) is 15.3 Å². The average Bonchev–Trinajstić information content (AvgIpc) is 2.36. The summed E-state index contributed by atoms with van der Waals surface area (Å²) >= 11 is 0. The number of rotatable bonds is 6. The highest BCUT2D eigenvalue weighted by Crippen LogP contribution is 1.80. The third-order valence-electron chi connectivity index (χ3n) is 2.35. The summed E-state index contributed by atoms with van der Waals surface area (Å²) in [4.78, 5) is 35.2. The van der Waals surface area contributed by atoms with Crippen LogP contribution in [0.3, 0.4) is 0 Å². The summed E-state index contributed by atoms with van der Waals surface area (Å²) in [5, 5.41) is 26.4. The Balaban J connectivity index is 3.59. The van der Waals surface area contributed by atoms with Crippen LogP contribution < -0.4 is 16.8 Å². The molecule has 0 bridgehead atoms. The van der Waals surface area contributed by atoms with Gasteiger partial charge < -0.3 is 15.3 Å². The molecule has 1 aromatic rings. The molecule has 3 N–H and O–H groups in total. The molecule has 1 aromatic heterocycles. The second-order valence-electron chi connectivity index (χ2n) is 3.46. The highest BCUT2D eigenvalue weighted by atomic mass is 16.3. The lowest BCUT2D eigenvalue weighted by molar-refractivity contribution is 0.210. The molecule has 0 aliphatic carbocycles. The van der Waals surface area contributed by atoms with E-state index in [1.54, 1.807) is 0 Å². The maximum Gasteiger partial charge on any atom is 0.346 e. The van der Waals surface area contributed by atoms with Gasteiger partial charge in [0.2, 0.25) is 0 Å². The van der Waals surface area contributed by atoms with Gasteiger partial charge in [0.1, 0.15) is 0 Å². The summed E-state index contributed by atoms with van der Waals surface area (Å²) in [5.74, 6) is 0. The normalized spacial score (nSPS) is 10.8. The number of aliphatic hydroxyl groups excluding tert-OH is 3. The minimum atomic E-state index is -1.06. The number of nitrogens with zero attached hydrogens (tertiary/aromatic N) is 3. The zero-order valence-electron chi connectivity index (χ0n) is 9.65. The van der Waals surface area contributed by atoms with Crippen molar-refractivity contribution >= 4 is 0 Å². The first-order chi connectivity index (χ1) is 8.58. The number of aromatic nitrogens is 3. The Kier molecular flexibility index (Phi) is 5.01. The van der Waals surface area contributed by atoms with Crippen LogP contribution in [0.1, 0.15) is 0 Å². The largest absolute Gasteiger partial charge is 0.395 e. The Morgan fingerprint density at radius 2 is 1.22 bits per heavy atom. The van der Waals surface area contributed by atoms with E-state index < -0.39 is 36.6 Å². The van der Waals surface area contributed by atoms with Crippen LogP contribution in [0.25, 0.3) is 0 Å². The van der Waals surface area contributed by atoms with E-state index in [-0.39, 0.29) is 19.6 Å². The van der Waals surface area contributed by atoms with Crippen LogP contribution in [0.5, 0.6) is 0 Å². The zero-order valence-corrected chi connectivity index (χ0v) is 9.65. The number of hydrogen-bond acceptors (Lipinski definition) is 6. The minimum Gasteiger partial charge on any atom is -0.395 e.